The highest BCUT2D eigenvalue weighted by atomic mass is 16.6. The zero-order valence-electron chi connectivity index (χ0n) is 9.29. The fourth-order valence-electron chi connectivity index (χ4n) is 1.48. The number of aliphatic hydroxyl groups is 2. The summed E-state index contributed by atoms with van der Waals surface area (Å²) in [5, 5.41) is 19.3. The smallest absolute Gasteiger partial charge is 0.334 e. The lowest BCUT2D eigenvalue weighted by Gasteiger charge is -2.28. The Morgan fingerprint density at radius 1 is 1.62 bits per heavy atom. The van der Waals surface area contributed by atoms with E-state index in [0.29, 0.717) is 5.76 Å². The molecule has 0 aromatic heterocycles. The zero-order chi connectivity index (χ0) is 12.1. The van der Waals surface area contributed by atoms with E-state index in [-0.39, 0.29) is 6.42 Å². The van der Waals surface area contributed by atoms with Crippen molar-refractivity contribution in [2.75, 3.05) is 7.11 Å². The molecule has 0 fully saturated rings. The van der Waals surface area contributed by atoms with E-state index in [1.165, 1.54) is 19.3 Å². The lowest BCUT2D eigenvalue weighted by Crippen LogP contribution is -2.41. The Morgan fingerprint density at radius 3 is 2.88 bits per heavy atom. The van der Waals surface area contributed by atoms with E-state index in [9.17, 15) is 15.0 Å². The molecule has 0 saturated heterocycles. The van der Waals surface area contributed by atoms with Crippen LogP contribution in [0.15, 0.2) is 24.0 Å². The minimum Gasteiger partial charge on any atom is -0.501 e. The van der Waals surface area contributed by atoms with Crippen molar-refractivity contribution in [1.82, 2.24) is 0 Å². The number of cyclic esters (lactones) is 1. The fourth-order valence-corrected chi connectivity index (χ4v) is 1.48. The molecule has 0 aromatic carbocycles. The molecule has 1 aliphatic heterocycles. The van der Waals surface area contributed by atoms with Crippen LogP contribution in [0.1, 0.15) is 13.3 Å². The minimum atomic E-state index is -1.15. The Hall–Kier alpha value is -1.33. The van der Waals surface area contributed by atoms with Crippen molar-refractivity contribution >= 4 is 5.97 Å². The second-order valence-electron chi connectivity index (χ2n) is 3.50. The molecule has 0 aromatic rings. The number of carbonyl (C=O) groups is 1. The number of ether oxygens (including phenoxy) is 2. The molecule has 90 valence electrons. The molecule has 1 heterocycles. The van der Waals surface area contributed by atoms with Crippen LogP contribution in [0.4, 0.5) is 0 Å². The van der Waals surface area contributed by atoms with Crippen LogP contribution in [0.2, 0.25) is 0 Å². The Morgan fingerprint density at radius 2 is 2.31 bits per heavy atom. The van der Waals surface area contributed by atoms with Gasteiger partial charge in [0.1, 0.15) is 24.1 Å². The molecule has 0 radical (unpaired) electrons. The van der Waals surface area contributed by atoms with Crippen molar-refractivity contribution in [3.05, 3.63) is 24.0 Å². The van der Waals surface area contributed by atoms with Gasteiger partial charge in [0.15, 0.2) is 0 Å². The molecule has 0 bridgehead atoms. The summed E-state index contributed by atoms with van der Waals surface area (Å²) in [5.74, 6) is -0.132. The summed E-state index contributed by atoms with van der Waals surface area (Å²) < 4.78 is 9.84. The fraction of sp³-hybridized carbons (Fsp3) is 0.545. The quantitative estimate of drug-likeness (QED) is 0.528. The van der Waals surface area contributed by atoms with Gasteiger partial charge in [-0.25, -0.2) is 4.79 Å². The van der Waals surface area contributed by atoms with E-state index in [0.717, 1.165) is 0 Å². The molecule has 0 spiro atoms. The van der Waals surface area contributed by atoms with Gasteiger partial charge >= 0.3 is 5.97 Å². The van der Waals surface area contributed by atoms with Crippen molar-refractivity contribution in [2.45, 2.75) is 31.7 Å². The molecule has 0 aliphatic carbocycles. The van der Waals surface area contributed by atoms with Gasteiger partial charge in [0.2, 0.25) is 0 Å². The number of hydrogen-bond acceptors (Lipinski definition) is 5. The van der Waals surface area contributed by atoms with Gasteiger partial charge in [-0.2, -0.15) is 0 Å². The van der Waals surface area contributed by atoms with Crippen LogP contribution < -0.4 is 0 Å². The van der Waals surface area contributed by atoms with Crippen LogP contribution in [0.5, 0.6) is 0 Å². The third kappa shape index (κ3) is 3.08. The molecular weight excluding hydrogens is 212 g/mol. The first-order valence-corrected chi connectivity index (χ1v) is 5.02. The Labute approximate surface area is 94.0 Å². The number of carbonyl (C=O) groups excluding carboxylic acids is 1. The third-order valence-electron chi connectivity index (χ3n) is 2.33. The molecule has 3 atom stereocenters. The summed E-state index contributed by atoms with van der Waals surface area (Å²) in [4.78, 5) is 11.1. The summed E-state index contributed by atoms with van der Waals surface area (Å²) in [7, 11) is 1.44. The summed E-state index contributed by atoms with van der Waals surface area (Å²) in [6.07, 6.45) is 1.55. The Balaban J connectivity index is 2.68. The molecule has 0 saturated carbocycles. The molecule has 1 rings (SSSR count). The van der Waals surface area contributed by atoms with Crippen LogP contribution in [0.25, 0.3) is 0 Å². The Kier molecular flexibility index (Phi) is 4.52. The number of methoxy groups -OCH3 is 1. The first-order valence-electron chi connectivity index (χ1n) is 5.02. The first kappa shape index (κ1) is 12.7. The van der Waals surface area contributed by atoms with E-state index in [1.807, 2.05) is 0 Å². The highest BCUT2D eigenvalue weighted by Gasteiger charge is 2.32. The van der Waals surface area contributed by atoms with Gasteiger partial charge in [0, 0.05) is 6.42 Å². The van der Waals surface area contributed by atoms with E-state index >= 15 is 0 Å². The molecule has 5 nitrogen and oxygen atoms in total. The topological polar surface area (TPSA) is 76.0 Å². The van der Waals surface area contributed by atoms with Crippen molar-refractivity contribution in [2.24, 2.45) is 0 Å². The molecule has 1 aliphatic rings. The highest BCUT2D eigenvalue weighted by Crippen LogP contribution is 2.20. The van der Waals surface area contributed by atoms with Gasteiger partial charge in [0.25, 0.3) is 0 Å². The lowest BCUT2D eigenvalue weighted by molar-refractivity contribution is -0.155. The van der Waals surface area contributed by atoms with Crippen molar-refractivity contribution in [3.63, 3.8) is 0 Å². The van der Waals surface area contributed by atoms with E-state index in [1.54, 1.807) is 13.0 Å². The highest BCUT2D eigenvalue weighted by molar-refractivity contribution is 5.83. The third-order valence-corrected chi connectivity index (χ3v) is 2.33. The van der Waals surface area contributed by atoms with Crippen molar-refractivity contribution < 1.29 is 24.5 Å². The summed E-state index contributed by atoms with van der Waals surface area (Å²) >= 11 is 0. The predicted octanol–water partition coefficient (Wildman–Crippen LogP) is 0.130. The van der Waals surface area contributed by atoms with Crippen LogP contribution in [-0.2, 0) is 14.3 Å². The molecule has 2 N–H and O–H groups in total. The monoisotopic (exact) mass is 228 g/mol. The second-order valence-corrected chi connectivity index (χ2v) is 3.50. The van der Waals surface area contributed by atoms with Gasteiger partial charge in [-0.1, -0.05) is 12.2 Å². The van der Waals surface area contributed by atoms with Gasteiger partial charge in [-0.15, -0.1) is 0 Å². The predicted molar refractivity (Wildman–Crippen MR) is 56.4 cm³/mol. The zero-order valence-corrected chi connectivity index (χ0v) is 9.29. The van der Waals surface area contributed by atoms with Gasteiger partial charge in [0.05, 0.1) is 13.2 Å². The number of aliphatic hydroxyl groups excluding tert-OH is 2. The largest absolute Gasteiger partial charge is 0.501 e. The van der Waals surface area contributed by atoms with Crippen molar-refractivity contribution in [3.8, 4) is 0 Å². The maximum atomic E-state index is 11.1. The van der Waals surface area contributed by atoms with Crippen LogP contribution in [-0.4, -0.2) is 41.6 Å². The Bertz CT molecular complexity index is 307. The van der Waals surface area contributed by atoms with Crippen LogP contribution in [0, 0.1) is 0 Å². The molecule has 16 heavy (non-hydrogen) atoms. The van der Waals surface area contributed by atoms with Crippen LogP contribution in [0.3, 0.4) is 0 Å². The second kappa shape index (κ2) is 5.67. The number of esters is 1. The molecule has 5 heteroatoms. The standard InChI is InChI=1S/C11H16O5/c1-3-4-8(12)11(14)9-5-7(15-2)6-10(13)16-9/h3-4,6,8-9,11-12,14H,5H2,1-2H3/b4-3+/t8-,9-,11-/m0/s1. The SMILES string of the molecule is C/C=C/[C@H](O)[C@H](O)[C@@H]1CC(OC)=CC(=O)O1. The number of rotatable bonds is 4. The van der Waals surface area contributed by atoms with E-state index in [4.69, 9.17) is 9.47 Å². The summed E-state index contributed by atoms with van der Waals surface area (Å²) in [5.41, 5.74) is 0. The maximum Gasteiger partial charge on any atom is 0.334 e. The lowest BCUT2D eigenvalue weighted by atomic mass is 10.0. The normalized spacial score (nSPS) is 24.9. The number of allylic oxidation sites excluding steroid dienone is 1. The molecule has 0 unspecified atom stereocenters. The number of hydrogen-bond donors (Lipinski definition) is 2. The molecular formula is C11H16O5. The van der Waals surface area contributed by atoms with Gasteiger partial charge in [-0.3, -0.25) is 0 Å². The summed E-state index contributed by atoms with van der Waals surface area (Å²) in [6, 6.07) is 0. The van der Waals surface area contributed by atoms with E-state index < -0.39 is 24.3 Å². The van der Waals surface area contributed by atoms with Gasteiger partial charge in [-0.05, 0) is 6.92 Å². The van der Waals surface area contributed by atoms with E-state index in [2.05, 4.69) is 0 Å². The average Bonchev–Trinajstić information content (AvgIpc) is 2.27. The average molecular weight is 228 g/mol. The van der Waals surface area contributed by atoms with Crippen molar-refractivity contribution in [1.29, 1.82) is 0 Å². The maximum absolute atomic E-state index is 11.1. The summed E-state index contributed by atoms with van der Waals surface area (Å²) in [6.45, 7) is 1.73. The van der Waals surface area contributed by atoms with Crippen LogP contribution >= 0.6 is 0 Å². The first-order chi connectivity index (χ1) is 7.58. The minimum absolute atomic E-state index is 0.262. The molecule has 0 amide bonds. The van der Waals surface area contributed by atoms with Gasteiger partial charge < -0.3 is 19.7 Å².